The van der Waals surface area contributed by atoms with Gasteiger partial charge < -0.3 is 10.0 Å². The van der Waals surface area contributed by atoms with Crippen LogP contribution in [0.25, 0.3) is 10.8 Å². The Kier molecular flexibility index (Phi) is 3.20. The Labute approximate surface area is 106 Å². The molecule has 0 fully saturated rings. The number of nitrogens with zero attached hydrogens (tertiary/aromatic N) is 2. The van der Waals surface area contributed by atoms with E-state index >= 15 is 0 Å². The molecule has 0 radical (unpaired) electrons. The fraction of sp³-hybridized carbons (Fsp3) is 0.167. The van der Waals surface area contributed by atoms with Gasteiger partial charge in [0.2, 0.25) is 0 Å². The van der Waals surface area contributed by atoms with Crippen molar-refractivity contribution in [2.45, 2.75) is 0 Å². The second kappa shape index (κ2) is 4.66. The standard InChI is InChI=1S/C12H12N2O3S/c1-14(2)12-10-7-9(15)5-3-8(10)4-6-11(12)13-18(16)17/h3-7,15H,1-2H3. The number of benzene rings is 2. The number of fused-ring (bicyclic) bond motifs is 1. The first-order chi connectivity index (χ1) is 8.49. The van der Waals surface area contributed by atoms with E-state index in [1.165, 1.54) is 0 Å². The van der Waals surface area contributed by atoms with Gasteiger partial charge >= 0.3 is 10.5 Å². The number of phenols is 1. The van der Waals surface area contributed by atoms with Crippen LogP contribution in [-0.4, -0.2) is 27.6 Å². The summed E-state index contributed by atoms with van der Waals surface area (Å²) in [5.74, 6) is 0.131. The molecular weight excluding hydrogens is 252 g/mol. The van der Waals surface area contributed by atoms with Crippen molar-refractivity contribution in [3.05, 3.63) is 30.3 Å². The molecule has 0 aliphatic carbocycles. The third kappa shape index (κ3) is 2.28. The summed E-state index contributed by atoms with van der Waals surface area (Å²) >= 11 is 0. The number of rotatable bonds is 2. The summed E-state index contributed by atoms with van der Waals surface area (Å²) in [6.07, 6.45) is 0. The molecule has 6 heteroatoms. The molecule has 0 amide bonds. The summed E-state index contributed by atoms with van der Waals surface area (Å²) in [6.45, 7) is 0. The molecule has 1 N–H and O–H groups in total. The molecule has 0 heterocycles. The monoisotopic (exact) mass is 264 g/mol. The van der Waals surface area contributed by atoms with Gasteiger partial charge in [-0.05, 0) is 23.6 Å². The second-order valence-electron chi connectivity index (χ2n) is 4.04. The zero-order valence-electron chi connectivity index (χ0n) is 9.95. The van der Waals surface area contributed by atoms with Crippen molar-refractivity contribution in [2.24, 2.45) is 4.36 Å². The molecule has 5 nitrogen and oxygen atoms in total. The van der Waals surface area contributed by atoms with Crippen molar-refractivity contribution in [3.8, 4) is 5.75 Å². The van der Waals surface area contributed by atoms with Crippen LogP contribution in [0, 0.1) is 0 Å². The van der Waals surface area contributed by atoms with Crippen molar-refractivity contribution >= 4 is 32.6 Å². The van der Waals surface area contributed by atoms with Gasteiger partial charge in [0.05, 0.1) is 5.69 Å². The first-order valence-electron chi connectivity index (χ1n) is 5.23. The molecule has 0 aromatic heterocycles. The molecule has 2 aromatic rings. The minimum atomic E-state index is -2.51. The molecule has 18 heavy (non-hydrogen) atoms. The van der Waals surface area contributed by atoms with E-state index in [1.54, 1.807) is 49.3 Å². The largest absolute Gasteiger partial charge is 0.508 e. The van der Waals surface area contributed by atoms with Gasteiger partial charge in [-0.1, -0.05) is 12.1 Å². The van der Waals surface area contributed by atoms with E-state index in [2.05, 4.69) is 4.36 Å². The van der Waals surface area contributed by atoms with Gasteiger partial charge in [-0.15, -0.1) is 4.36 Å². The fourth-order valence-corrected chi connectivity index (χ4v) is 2.21. The third-order valence-corrected chi connectivity index (χ3v) is 2.92. The molecule has 0 atom stereocenters. The first-order valence-corrected chi connectivity index (χ1v) is 6.26. The molecular formula is C12H12N2O3S. The number of hydrogen-bond donors (Lipinski definition) is 1. The smallest absolute Gasteiger partial charge is 0.316 e. The first kappa shape index (κ1) is 12.4. The lowest BCUT2D eigenvalue weighted by Crippen LogP contribution is -2.09. The maximum atomic E-state index is 10.7. The van der Waals surface area contributed by atoms with Crippen LogP contribution in [0.5, 0.6) is 5.75 Å². The zero-order valence-corrected chi connectivity index (χ0v) is 10.8. The van der Waals surface area contributed by atoms with Crippen molar-refractivity contribution in [1.82, 2.24) is 0 Å². The van der Waals surface area contributed by atoms with E-state index in [9.17, 15) is 13.5 Å². The highest BCUT2D eigenvalue weighted by Gasteiger charge is 2.10. The highest BCUT2D eigenvalue weighted by atomic mass is 32.2. The van der Waals surface area contributed by atoms with Gasteiger partial charge in [0, 0.05) is 19.5 Å². The molecule has 0 unspecified atom stereocenters. The van der Waals surface area contributed by atoms with Gasteiger partial charge in [-0.25, -0.2) is 0 Å². The van der Waals surface area contributed by atoms with Gasteiger partial charge in [-0.2, -0.15) is 8.42 Å². The van der Waals surface area contributed by atoms with Crippen molar-refractivity contribution in [3.63, 3.8) is 0 Å². The average molecular weight is 264 g/mol. The minimum Gasteiger partial charge on any atom is -0.508 e. The normalized spacial score (nSPS) is 10.3. The molecule has 94 valence electrons. The Morgan fingerprint density at radius 3 is 2.44 bits per heavy atom. The number of anilines is 1. The lowest BCUT2D eigenvalue weighted by atomic mass is 10.1. The Balaban J connectivity index is 2.89. The summed E-state index contributed by atoms with van der Waals surface area (Å²) in [5.41, 5.74) is 1.01. The number of phenolic OH excluding ortho intramolecular Hbond substituents is 1. The molecule has 2 aromatic carbocycles. The second-order valence-corrected chi connectivity index (χ2v) is 4.66. The quantitative estimate of drug-likeness (QED) is 0.903. The average Bonchev–Trinajstić information content (AvgIpc) is 2.26. The Hall–Kier alpha value is -2.08. The van der Waals surface area contributed by atoms with Crippen LogP contribution in [0.4, 0.5) is 11.4 Å². The predicted molar refractivity (Wildman–Crippen MR) is 70.9 cm³/mol. The Bertz CT molecular complexity index is 728. The molecule has 0 saturated heterocycles. The van der Waals surface area contributed by atoms with E-state index in [-0.39, 0.29) is 5.75 Å². The number of aromatic hydroxyl groups is 1. The summed E-state index contributed by atoms with van der Waals surface area (Å²) in [5, 5.41) is 11.2. The van der Waals surface area contributed by atoms with E-state index in [0.29, 0.717) is 11.4 Å². The van der Waals surface area contributed by atoms with Crippen molar-refractivity contribution in [1.29, 1.82) is 0 Å². The van der Waals surface area contributed by atoms with Gasteiger partial charge in [0.1, 0.15) is 11.4 Å². The lowest BCUT2D eigenvalue weighted by molar-refractivity contribution is 0.476. The van der Waals surface area contributed by atoms with Crippen LogP contribution in [0.1, 0.15) is 0 Å². The maximum absolute atomic E-state index is 10.7. The fourth-order valence-electron chi connectivity index (χ4n) is 1.90. The Morgan fingerprint density at radius 1 is 1.17 bits per heavy atom. The maximum Gasteiger partial charge on any atom is 0.316 e. The van der Waals surface area contributed by atoms with Crippen molar-refractivity contribution in [2.75, 3.05) is 19.0 Å². The minimum absolute atomic E-state index is 0.131. The molecule has 0 spiro atoms. The summed E-state index contributed by atoms with van der Waals surface area (Å²) in [7, 11) is 1.09. The molecule has 0 aliphatic heterocycles. The van der Waals surface area contributed by atoms with Crippen LogP contribution in [0.15, 0.2) is 34.7 Å². The molecule has 0 saturated carbocycles. The van der Waals surface area contributed by atoms with E-state index < -0.39 is 10.5 Å². The third-order valence-electron chi connectivity index (χ3n) is 2.58. The van der Waals surface area contributed by atoms with Gasteiger partial charge in [0.25, 0.3) is 0 Å². The van der Waals surface area contributed by atoms with E-state index in [0.717, 1.165) is 10.8 Å². The zero-order chi connectivity index (χ0) is 13.3. The van der Waals surface area contributed by atoms with E-state index in [1.807, 2.05) is 0 Å². The highest BCUT2D eigenvalue weighted by molar-refractivity contribution is 7.61. The van der Waals surface area contributed by atoms with Crippen LogP contribution in [-0.2, 0) is 10.5 Å². The Morgan fingerprint density at radius 2 is 1.83 bits per heavy atom. The highest BCUT2D eigenvalue weighted by Crippen LogP contribution is 2.36. The van der Waals surface area contributed by atoms with Gasteiger partial charge in [0.15, 0.2) is 0 Å². The topological polar surface area (TPSA) is 70.0 Å². The van der Waals surface area contributed by atoms with Gasteiger partial charge in [-0.3, -0.25) is 0 Å². The summed E-state index contributed by atoms with van der Waals surface area (Å²) < 4.78 is 25.0. The van der Waals surface area contributed by atoms with Crippen molar-refractivity contribution < 1.29 is 13.5 Å². The van der Waals surface area contributed by atoms with Crippen LogP contribution in [0.3, 0.4) is 0 Å². The summed E-state index contributed by atoms with van der Waals surface area (Å²) in [6, 6.07) is 8.37. The molecule has 0 aliphatic rings. The summed E-state index contributed by atoms with van der Waals surface area (Å²) in [4.78, 5) is 1.77. The SMILES string of the molecule is CN(C)c1c(N=S(=O)=O)ccc2ccc(O)cc12. The van der Waals surface area contributed by atoms with Crippen LogP contribution >= 0.6 is 0 Å². The van der Waals surface area contributed by atoms with E-state index in [4.69, 9.17) is 0 Å². The van der Waals surface area contributed by atoms with Crippen LogP contribution in [0.2, 0.25) is 0 Å². The molecule has 2 rings (SSSR count). The lowest BCUT2D eigenvalue weighted by Gasteiger charge is -2.17. The number of hydrogen-bond acceptors (Lipinski definition) is 5. The predicted octanol–water partition coefficient (Wildman–Crippen LogP) is 2.31. The van der Waals surface area contributed by atoms with Crippen LogP contribution < -0.4 is 4.90 Å². The molecule has 0 bridgehead atoms.